The van der Waals surface area contributed by atoms with E-state index in [2.05, 4.69) is 34.5 Å². The molecule has 1 aliphatic carbocycles. The normalized spacial score (nSPS) is 16.5. The summed E-state index contributed by atoms with van der Waals surface area (Å²) in [6.07, 6.45) is 2.94. The number of aliphatic carboxylic acids is 1. The molecule has 1 amide bonds. The zero-order chi connectivity index (χ0) is 21.6. The topological polar surface area (TPSA) is 78.9 Å². The summed E-state index contributed by atoms with van der Waals surface area (Å²) in [5, 5.41) is 11.9. The molecule has 1 saturated heterocycles. The minimum atomic E-state index is -0.674. The molecule has 1 fully saturated rings. The van der Waals surface area contributed by atoms with Crippen LogP contribution in [0.4, 0.5) is 4.79 Å². The molecule has 0 bridgehead atoms. The smallest absolute Gasteiger partial charge is 0.407 e. The standard InChI is InChI=1S/C25H30N2O4/c28-24(29)18-11-15-27(16-12-18)14-6-5-13-26-25(30)31-17-23-21-9-3-1-7-19(21)20-8-2-4-10-22(20)23/h1-4,7-10,18,23H,5-6,11-17H2,(H,26,30)(H,28,29). The second-order valence-corrected chi connectivity index (χ2v) is 8.41. The van der Waals surface area contributed by atoms with E-state index in [4.69, 9.17) is 9.84 Å². The van der Waals surface area contributed by atoms with Gasteiger partial charge in [0.15, 0.2) is 0 Å². The van der Waals surface area contributed by atoms with Crippen LogP contribution in [0.5, 0.6) is 0 Å². The van der Waals surface area contributed by atoms with Gasteiger partial charge in [0.1, 0.15) is 6.61 Å². The number of unbranched alkanes of at least 4 members (excludes halogenated alkanes) is 1. The fourth-order valence-electron chi connectivity index (χ4n) is 4.70. The van der Waals surface area contributed by atoms with Crippen molar-refractivity contribution in [3.63, 3.8) is 0 Å². The Bertz CT molecular complexity index is 876. The molecule has 2 aliphatic rings. The molecular weight excluding hydrogens is 392 g/mol. The number of carbonyl (C=O) groups excluding carboxylic acids is 1. The second-order valence-electron chi connectivity index (χ2n) is 8.41. The van der Waals surface area contributed by atoms with Gasteiger partial charge in [0.2, 0.25) is 0 Å². The Balaban J connectivity index is 1.16. The van der Waals surface area contributed by atoms with Crippen LogP contribution in [0.15, 0.2) is 48.5 Å². The molecule has 6 heteroatoms. The SMILES string of the molecule is O=C(NCCCCN1CCC(C(=O)O)CC1)OCC1c2ccccc2-c2ccccc21. The summed E-state index contributed by atoms with van der Waals surface area (Å²) in [6, 6.07) is 16.6. The number of hydrogen-bond acceptors (Lipinski definition) is 4. The molecule has 0 spiro atoms. The molecule has 1 aliphatic heterocycles. The van der Waals surface area contributed by atoms with Gasteiger partial charge < -0.3 is 20.1 Å². The second kappa shape index (κ2) is 9.96. The van der Waals surface area contributed by atoms with Gasteiger partial charge in [0.05, 0.1) is 5.92 Å². The van der Waals surface area contributed by atoms with Crippen molar-refractivity contribution >= 4 is 12.1 Å². The molecule has 0 saturated carbocycles. The Morgan fingerprint density at radius 2 is 1.58 bits per heavy atom. The number of amides is 1. The summed E-state index contributed by atoms with van der Waals surface area (Å²) in [5.74, 6) is -0.787. The van der Waals surface area contributed by atoms with Crippen molar-refractivity contribution in [3.05, 3.63) is 59.7 Å². The van der Waals surface area contributed by atoms with E-state index in [1.165, 1.54) is 22.3 Å². The van der Waals surface area contributed by atoms with E-state index in [1.807, 2.05) is 24.3 Å². The minimum Gasteiger partial charge on any atom is -0.481 e. The zero-order valence-corrected chi connectivity index (χ0v) is 17.8. The fraction of sp³-hybridized carbons (Fsp3) is 0.440. The average Bonchev–Trinajstić information content (AvgIpc) is 3.11. The highest BCUT2D eigenvalue weighted by Gasteiger charge is 2.29. The quantitative estimate of drug-likeness (QED) is 0.626. The van der Waals surface area contributed by atoms with Crippen LogP contribution in [0, 0.1) is 5.92 Å². The number of likely N-dealkylation sites (tertiary alicyclic amines) is 1. The Hall–Kier alpha value is -2.86. The van der Waals surface area contributed by atoms with Crippen LogP contribution in [-0.4, -0.2) is 54.9 Å². The van der Waals surface area contributed by atoms with Crippen molar-refractivity contribution in [2.45, 2.75) is 31.6 Å². The van der Waals surface area contributed by atoms with Crippen LogP contribution in [0.2, 0.25) is 0 Å². The van der Waals surface area contributed by atoms with Gasteiger partial charge in [0, 0.05) is 12.5 Å². The van der Waals surface area contributed by atoms with Gasteiger partial charge in [0.25, 0.3) is 0 Å². The predicted octanol–water partition coefficient (Wildman–Crippen LogP) is 4.10. The number of ether oxygens (including phenoxy) is 1. The first-order valence-corrected chi connectivity index (χ1v) is 11.2. The number of piperidine rings is 1. The highest BCUT2D eigenvalue weighted by Crippen LogP contribution is 2.44. The number of carboxylic acid groups (broad SMARTS) is 1. The number of nitrogens with one attached hydrogen (secondary N) is 1. The lowest BCUT2D eigenvalue weighted by atomic mass is 9.97. The maximum atomic E-state index is 12.2. The summed E-state index contributed by atoms with van der Waals surface area (Å²) in [4.78, 5) is 25.5. The first-order chi connectivity index (χ1) is 15.1. The van der Waals surface area contributed by atoms with Gasteiger partial charge in [-0.1, -0.05) is 48.5 Å². The van der Waals surface area contributed by atoms with Crippen molar-refractivity contribution in [1.29, 1.82) is 0 Å². The van der Waals surface area contributed by atoms with E-state index in [-0.39, 0.29) is 17.9 Å². The van der Waals surface area contributed by atoms with Crippen LogP contribution in [0.3, 0.4) is 0 Å². The number of rotatable bonds is 8. The van der Waals surface area contributed by atoms with Crippen molar-refractivity contribution in [1.82, 2.24) is 10.2 Å². The number of alkyl carbamates (subject to hydrolysis) is 1. The van der Waals surface area contributed by atoms with Gasteiger partial charge in [-0.05, 0) is 67.6 Å². The molecule has 31 heavy (non-hydrogen) atoms. The first-order valence-electron chi connectivity index (χ1n) is 11.2. The van der Waals surface area contributed by atoms with E-state index in [0.717, 1.165) is 45.3 Å². The van der Waals surface area contributed by atoms with E-state index in [0.29, 0.717) is 13.2 Å². The van der Waals surface area contributed by atoms with Crippen molar-refractivity contribution in [2.24, 2.45) is 5.92 Å². The summed E-state index contributed by atoms with van der Waals surface area (Å²) in [6.45, 7) is 3.55. The summed E-state index contributed by atoms with van der Waals surface area (Å²) in [5.41, 5.74) is 4.87. The lowest BCUT2D eigenvalue weighted by Gasteiger charge is -2.29. The molecule has 2 aromatic carbocycles. The Morgan fingerprint density at radius 1 is 0.968 bits per heavy atom. The molecule has 0 unspecified atom stereocenters. The molecule has 164 valence electrons. The van der Waals surface area contributed by atoms with Crippen LogP contribution < -0.4 is 5.32 Å². The van der Waals surface area contributed by atoms with E-state index >= 15 is 0 Å². The Morgan fingerprint density at radius 3 is 2.19 bits per heavy atom. The third-order valence-electron chi connectivity index (χ3n) is 6.45. The van der Waals surface area contributed by atoms with Gasteiger partial charge in [-0.3, -0.25) is 4.79 Å². The van der Waals surface area contributed by atoms with Gasteiger partial charge >= 0.3 is 12.1 Å². The van der Waals surface area contributed by atoms with Crippen LogP contribution in [-0.2, 0) is 9.53 Å². The number of hydrogen-bond donors (Lipinski definition) is 2. The maximum Gasteiger partial charge on any atom is 0.407 e. The third kappa shape index (κ3) is 5.07. The molecule has 0 aromatic heterocycles. The number of fused-ring (bicyclic) bond motifs is 3. The third-order valence-corrected chi connectivity index (χ3v) is 6.45. The molecule has 1 heterocycles. The molecule has 4 rings (SSSR count). The number of carbonyl (C=O) groups is 2. The largest absolute Gasteiger partial charge is 0.481 e. The fourth-order valence-corrected chi connectivity index (χ4v) is 4.70. The predicted molar refractivity (Wildman–Crippen MR) is 119 cm³/mol. The molecule has 2 aromatic rings. The number of carboxylic acids is 1. The Kier molecular flexibility index (Phi) is 6.87. The first kappa shape index (κ1) is 21.4. The maximum absolute atomic E-state index is 12.2. The van der Waals surface area contributed by atoms with Gasteiger partial charge in [-0.25, -0.2) is 4.79 Å². The lowest BCUT2D eigenvalue weighted by Crippen LogP contribution is -2.37. The molecular formula is C25H30N2O4. The van der Waals surface area contributed by atoms with Crippen molar-refractivity contribution in [2.75, 3.05) is 32.8 Å². The lowest BCUT2D eigenvalue weighted by molar-refractivity contribution is -0.143. The van der Waals surface area contributed by atoms with E-state index < -0.39 is 5.97 Å². The monoisotopic (exact) mass is 422 g/mol. The molecule has 0 radical (unpaired) electrons. The molecule has 2 N–H and O–H groups in total. The van der Waals surface area contributed by atoms with Crippen LogP contribution in [0.25, 0.3) is 11.1 Å². The molecule has 0 atom stereocenters. The summed E-state index contributed by atoms with van der Waals surface area (Å²) < 4.78 is 5.55. The van der Waals surface area contributed by atoms with Crippen molar-refractivity contribution in [3.8, 4) is 11.1 Å². The number of nitrogens with zero attached hydrogens (tertiary/aromatic N) is 1. The molecule has 6 nitrogen and oxygen atoms in total. The minimum absolute atomic E-state index is 0.0758. The highest BCUT2D eigenvalue weighted by atomic mass is 16.5. The highest BCUT2D eigenvalue weighted by molar-refractivity contribution is 5.79. The number of benzene rings is 2. The van der Waals surface area contributed by atoms with E-state index in [1.54, 1.807) is 0 Å². The zero-order valence-electron chi connectivity index (χ0n) is 17.8. The summed E-state index contributed by atoms with van der Waals surface area (Å²) >= 11 is 0. The van der Waals surface area contributed by atoms with Crippen LogP contribution in [0.1, 0.15) is 42.7 Å². The Labute approximate surface area is 183 Å². The summed E-state index contributed by atoms with van der Waals surface area (Å²) in [7, 11) is 0. The van der Waals surface area contributed by atoms with Gasteiger partial charge in [-0.2, -0.15) is 0 Å². The van der Waals surface area contributed by atoms with E-state index in [9.17, 15) is 9.59 Å². The average molecular weight is 423 g/mol. The van der Waals surface area contributed by atoms with Gasteiger partial charge in [-0.15, -0.1) is 0 Å². The van der Waals surface area contributed by atoms with Crippen LogP contribution >= 0.6 is 0 Å². The van der Waals surface area contributed by atoms with Crippen molar-refractivity contribution < 1.29 is 19.4 Å².